The van der Waals surface area contributed by atoms with Gasteiger partial charge in [0.2, 0.25) is 10.0 Å². The van der Waals surface area contributed by atoms with Gasteiger partial charge in [0.1, 0.15) is 16.3 Å². The lowest BCUT2D eigenvalue weighted by Crippen LogP contribution is -2.52. The number of rotatable bonds is 5. The van der Waals surface area contributed by atoms with Crippen molar-refractivity contribution in [2.24, 2.45) is 0 Å². The van der Waals surface area contributed by atoms with Gasteiger partial charge in [-0.15, -0.1) is 0 Å². The standard InChI is InChI=1S/C13H15F2NO4S/c1-2-13(6-3-7-13)16-21(19,20)9-5-4-8(14)10(11(9)15)12(17)18/h4-5,16H,2-3,6-7H2,1H3,(H,17,18). The molecule has 2 N–H and O–H groups in total. The molecule has 0 heterocycles. The maximum Gasteiger partial charge on any atom is 0.341 e. The Bertz CT molecular complexity index is 678. The van der Waals surface area contributed by atoms with Crippen molar-refractivity contribution in [1.82, 2.24) is 4.72 Å². The van der Waals surface area contributed by atoms with Crippen LogP contribution in [0.4, 0.5) is 8.78 Å². The topological polar surface area (TPSA) is 83.5 Å². The first kappa shape index (κ1) is 15.8. The van der Waals surface area contributed by atoms with Gasteiger partial charge in [0.05, 0.1) is 0 Å². The first-order valence-corrected chi connectivity index (χ1v) is 7.96. The molecule has 1 aliphatic carbocycles. The van der Waals surface area contributed by atoms with E-state index in [0.717, 1.165) is 12.5 Å². The van der Waals surface area contributed by atoms with E-state index in [1.165, 1.54) is 0 Å². The van der Waals surface area contributed by atoms with Gasteiger partial charge in [0.15, 0.2) is 5.82 Å². The van der Waals surface area contributed by atoms with Crippen molar-refractivity contribution >= 4 is 16.0 Å². The lowest BCUT2D eigenvalue weighted by Gasteiger charge is -2.41. The Balaban J connectivity index is 2.46. The van der Waals surface area contributed by atoms with E-state index < -0.39 is 43.6 Å². The number of carboxylic acids is 1. The van der Waals surface area contributed by atoms with E-state index in [9.17, 15) is 22.0 Å². The minimum Gasteiger partial charge on any atom is -0.477 e. The van der Waals surface area contributed by atoms with Gasteiger partial charge in [-0.2, -0.15) is 0 Å². The molecule has 5 nitrogen and oxygen atoms in total. The molecule has 1 saturated carbocycles. The summed E-state index contributed by atoms with van der Waals surface area (Å²) in [5.74, 6) is -4.75. The molecule has 0 atom stereocenters. The molecule has 1 aromatic rings. The van der Waals surface area contributed by atoms with Crippen LogP contribution in [0, 0.1) is 11.6 Å². The van der Waals surface area contributed by atoms with Crippen molar-refractivity contribution < 1.29 is 27.1 Å². The van der Waals surface area contributed by atoms with Crippen molar-refractivity contribution in [3.8, 4) is 0 Å². The smallest absolute Gasteiger partial charge is 0.341 e. The average molecular weight is 319 g/mol. The molecule has 0 saturated heterocycles. The number of carboxylic acid groups (broad SMARTS) is 1. The fourth-order valence-corrected chi connectivity index (χ4v) is 4.02. The summed E-state index contributed by atoms with van der Waals surface area (Å²) in [5, 5.41) is 8.78. The quantitative estimate of drug-likeness (QED) is 0.872. The number of benzene rings is 1. The van der Waals surface area contributed by atoms with Gasteiger partial charge in [0.25, 0.3) is 0 Å². The molecular formula is C13H15F2NO4S. The van der Waals surface area contributed by atoms with Crippen molar-refractivity contribution in [3.05, 3.63) is 29.3 Å². The minimum atomic E-state index is -4.25. The molecule has 21 heavy (non-hydrogen) atoms. The van der Waals surface area contributed by atoms with E-state index in [0.29, 0.717) is 25.3 Å². The molecule has 0 bridgehead atoms. The SMILES string of the molecule is CCC1(NS(=O)(=O)c2ccc(F)c(C(=O)O)c2F)CCC1. The predicted octanol–water partition coefficient (Wildman–Crippen LogP) is 2.27. The van der Waals surface area contributed by atoms with Gasteiger partial charge in [-0.25, -0.2) is 26.7 Å². The Hall–Kier alpha value is -1.54. The highest BCUT2D eigenvalue weighted by atomic mass is 32.2. The summed E-state index contributed by atoms with van der Waals surface area (Å²) in [6, 6.07) is 1.38. The van der Waals surface area contributed by atoms with E-state index >= 15 is 0 Å². The van der Waals surface area contributed by atoms with Crippen molar-refractivity contribution in [3.63, 3.8) is 0 Å². The second kappa shape index (κ2) is 5.34. The molecule has 0 spiro atoms. The third-order valence-corrected chi connectivity index (χ3v) is 5.49. The van der Waals surface area contributed by atoms with Crippen molar-refractivity contribution in [2.45, 2.75) is 43.0 Å². The van der Waals surface area contributed by atoms with Crippen LogP contribution in [-0.2, 0) is 10.0 Å². The Kier molecular flexibility index (Phi) is 4.03. The summed E-state index contributed by atoms with van der Waals surface area (Å²) < 4.78 is 54.3. The van der Waals surface area contributed by atoms with Crippen LogP contribution < -0.4 is 4.72 Å². The van der Waals surface area contributed by atoms with E-state index in [1.807, 2.05) is 6.92 Å². The van der Waals surface area contributed by atoms with Crippen molar-refractivity contribution in [2.75, 3.05) is 0 Å². The third-order valence-electron chi connectivity index (χ3n) is 3.90. The summed E-state index contributed by atoms with van der Waals surface area (Å²) in [7, 11) is -4.25. The summed E-state index contributed by atoms with van der Waals surface area (Å²) in [6.07, 6.45) is 2.68. The molecule has 0 amide bonds. The number of hydrogen-bond donors (Lipinski definition) is 2. The molecule has 0 aliphatic heterocycles. The monoisotopic (exact) mass is 319 g/mol. The van der Waals surface area contributed by atoms with Crippen LogP contribution in [0.25, 0.3) is 0 Å². The van der Waals surface area contributed by atoms with Gasteiger partial charge in [0, 0.05) is 5.54 Å². The lowest BCUT2D eigenvalue weighted by atomic mass is 9.76. The Morgan fingerprint density at radius 2 is 2.00 bits per heavy atom. The summed E-state index contributed by atoms with van der Waals surface area (Å²) in [4.78, 5) is 9.99. The molecule has 0 unspecified atom stereocenters. The first-order valence-electron chi connectivity index (χ1n) is 6.48. The first-order chi connectivity index (χ1) is 9.72. The van der Waals surface area contributed by atoms with Crippen LogP contribution in [0.5, 0.6) is 0 Å². The fourth-order valence-electron chi connectivity index (χ4n) is 2.41. The Labute approximate surface area is 121 Å². The van der Waals surface area contributed by atoms with Crippen LogP contribution in [0.15, 0.2) is 17.0 Å². The summed E-state index contributed by atoms with van der Waals surface area (Å²) >= 11 is 0. The normalized spacial score (nSPS) is 17.3. The average Bonchev–Trinajstić information content (AvgIpc) is 2.33. The molecule has 1 fully saturated rings. The minimum absolute atomic E-state index is 0.542. The largest absolute Gasteiger partial charge is 0.477 e. The Morgan fingerprint density at radius 1 is 1.38 bits per heavy atom. The number of carbonyl (C=O) groups is 1. The number of sulfonamides is 1. The van der Waals surface area contributed by atoms with Gasteiger partial charge < -0.3 is 5.11 Å². The molecule has 0 radical (unpaired) electrons. The van der Waals surface area contributed by atoms with Crippen LogP contribution in [0.3, 0.4) is 0 Å². The zero-order chi connectivity index (χ0) is 15.8. The number of nitrogens with one attached hydrogen (secondary N) is 1. The van der Waals surface area contributed by atoms with E-state index in [-0.39, 0.29) is 0 Å². The molecular weight excluding hydrogens is 304 g/mol. The number of aromatic carboxylic acids is 1. The van der Waals surface area contributed by atoms with Crippen LogP contribution >= 0.6 is 0 Å². The predicted molar refractivity (Wildman–Crippen MR) is 70.5 cm³/mol. The third kappa shape index (κ3) is 2.77. The highest BCUT2D eigenvalue weighted by Crippen LogP contribution is 2.36. The van der Waals surface area contributed by atoms with Gasteiger partial charge in [-0.3, -0.25) is 0 Å². The molecule has 0 aromatic heterocycles. The molecule has 1 aliphatic rings. The van der Waals surface area contributed by atoms with Gasteiger partial charge >= 0.3 is 5.97 Å². The van der Waals surface area contributed by atoms with Crippen LogP contribution in [-0.4, -0.2) is 25.0 Å². The zero-order valence-corrected chi connectivity index (χ0v) is 12.1. The van der Waals surface area contributed by atoms with Crippen LogP contribution in [0.2, 0.25) is 0 Å². The zero-order valence-electron chi connectivity index (χ0n) is 11.3. The maximum atomic E-state index is 14.0. The number of hydrogen-bond acceptors (Lipinski definition) is 3. The fraction of sp³-hybridized carbons (Fsp3) is 0.462. The van der Waals surface area contributed by atoms with Gasteiger partial charge in [-0.1, -0.05) is 6.92 Å². The molecule has 2 rings (SSSR count). The highest BCUT2D eigenvalue weighted by Gasteiger charge is 2.40. The second-order valence-electron chi connectivity index (χ2n) is 5.13. The van der Waals surface area contributed by atoms with Crippen LogP contribution in [0.1, 0.15) is 43.0 Å². The second-order valence-corrected chi connectivity index (χ2v) is 6.78. The molecule has 116 valence electrons. The van der Waals surface area contributed by atoms with Crippen molar-refractivity contribution in [1.29, 1.82) is 0 Å². The number of halogens is 2. The summed E-state index contributed by atoms with van der Waals surface area (Å²) in [5.41, 5.74) is -1.89. The Morgan fingerprint density at radius 3 is 2.43 bits per heavy atom. The van der Waals surface area contributed by atoms with E-state index in [1.54, 1.807) is 0 Å². The van der Waals surface area contributed by atoms with E-state index in [2.05, 4.69) is 4.72 Å². The van der Waals surface area contributed by atoms with E-state index in [4.69, 9.17) is 5.11 Å². The summed E-state index contributed by atoms with van der Waals surface area (Å²) in [6.45, 7) is 1.81. The maximum absolute atomic E-state index is 14.0. The van der Waals surface area contributed by atoms with Gasteiger partial charge in [-0.05, 0) is 37.8 Å². The highest BCUT2D eigenvalue weighted by molar-refractivity contribution is 7.89. The lowest BCUT2D eigenvalue weighted by molar-refractivity contribution is 0.0685. The molecule has 8 heteroatoms. The molecule has 1 aromatic carbocycles.